The Hall–Kier alpha value is -3.09. The highest BCUT2D eigenvalue weighted by Crippen LogP contribution is 2.24. The van der Waals surface area contributed by atoms with E-state index < -0.39 is 10.8 Å². The van der Waals surface area contributed by atoms with Gasteiger partial charge in [0.1, 0.15) is 0 Å². The van der Waals surface area contributed by atoms with Crippen LogP contribution in [0.5, 0.6) is 11.5 Å². The third-order valence-corrected chi connectivity index (χ3v) is 2.56. The van der Waals surface area contributed by atoms with Crippen LogP contribution >= 0.6 is 0 Å². The van der Waals surface area contributed by atoms with E-state index in [9.17, 15) is 20.0 Å². The maximum absolute atomic E-state index is 11.7. The highest BCUT2D eigenvalue weighted by Gasteiger charge is 2.09. The maximum atomic E-state index is 11.7. The predicted octanol–water partition coefficient (Wildman–Crippen LogP) is 2.32. The van der Waals surface area contributed by atoms with Crippen molar-refractivity contribution in [2.24, 2.45) is 0 Å². The van der Waals surface area contributed by atoms with E-state index in [1.165, 1.54) is 36.4 Å². The molecule has 0 aliphatic rings. The number of hydrogen-bond acceptors (Lipinski definition) is 5. The fourth-order valence-electron chi connectivity index (χ4n) is 1.62. The zero-order valence-electron chi connectivity index (χ0n) is 10.9. The van der Waals surface area contributed by atoms with Gasteiger partial charge < -0.3 is 15.2 Å². The number of nitro benzene ring substituents is 1. The van der Waals surface area contributed by atoms with Crippen molar-refractivity contribution in [3.05, 3.63) is 58.6 Å². The highest BCUT2D eigenvalue weighted by molar-refractivity contribution is 5.92. The van der Waals surface area contributed by atoms with Gasteiger partial charge in [0.2, 0.25) is 0 Å². The van der Waals surface area contributed by atoms with Crippen LogP contribution in [0.1, 0.15) is 0 Å². The third-order valence-electron chi connectivity index (χ3n) is 2.56. The lowest BCUT2D eigenvalue weighted by Gasteiger charge is -2.08. The van der Waals surface area contributed by atoms with Crippen molar-refractivity contribution in [1.82, 2.24) is 0 Å². The molecule has 2 aromatic rings. The molecule has 2 rings (SSSR count). The first-order valence-electron chi connectivity index (χ1n) is 6.01. The number of nitrogens with zero attached hydrogens (tertiary/aromatic N) is 1. The number of nitrogens with one attached hydrogen (secondary N) is 1. The predicted molar refractivity (Wildman–Crippen MR) is 75.3 cm³/mol. The molecule has 0 bridgehead atoms. The number of amides is 1. The Morgan fingerprint density at radius 1 is 1.24 bits per heavy atom. The number of non-ortho nitro benzene ring substituents is 1. The number of phenols is 1. The van der Waals surface area contributed by atoms with E-state index in [0.717, 1.165) is 0 Å². The molecule has 1 amide bonds. The number of phenolic OH excluding ortho intramolecular Hbond substituents is 1. The molecule has 21 heavy (non-hydrogen) atoms. The molecule has 0 saturated heterocycles. The number of anilines is 1. The summed E-state index contributed by atoms with van der Waals surface area (Å²) in [6.45, 7) is -0.319. The molecule has 0 aliphatic heterocycles. The smallest absolute Gasteiger partial charge is 0.271 e. The van der Waals surface area contributed by atoms with Gasteiger partial charge in [-0.1, -0.05) is 18.2 Å². The van der Waals surface area contributed by atoms with Gasteiger partial charge >= 0.3 is 0 Å². The summed E-state index contributed by atoms with van der Waals surface area (Å²) in [6, 6.07) is 11.8. The lowest BCUT2D eigenvalue weighted by molar-refractivity contribution is -0.384. The standard InChI is InChI=1S/C14H12N2O5/c17-12-6-1-2-7-13(12)21-9-14(18)15-10-4-3-5-11(8-10)16(19)20/h1-8,17H,9H2,(H,15,18). The minimum atomic E-state index is -0.547. The SMILES string of the molecule is O=C(COc1ccccc1O)Nc1cccc([N+](=O)[O-])c1. The molecule has 0 atom stereocenters. The monoisotopic (exact) mass is 288 g/mol. The second-order valence-electron chi connectivity index (χ2n) is 4.11. The second kappa shape index (κ2) is 6.38. The summed E-state index contributed by atoms with van der Waals surface area (Å²) in [5.74, 6) is -0.369. The van der Waals surface area contributed by atoms with Crippen LogP contribution in [-0.4, -0.2) is 22.5 Å². The van der Waals surface area contributed by atoms with Crippen LogP contribution in [-0.2, 0) is 4.79 Å². The fourth-order valence-corrected chi connectivity index (χ4v) is 1.62. The summed E-state index contributed by atoms with van der Waals surface area (Å²) in [5, 5.41) is 22.6. The van der Waals surface area contributed by atoms with Crippen molar-refractivity contribution in [3.63, 3.8) is 0 Å². The quantitative estimate of drug-likeness (QED) is 0.649. The second-order valence-corrected chi connectivity index (χ2v) is 4.11. The van der Waals surface area contributed by atoms with Crippen molar-refractivity contribution in [2.75, 3.05) is 11.9 Å². The number of nitro groups is 1. The normalized spacial score (nSPS) is 9.90. The first-order chi connectivity index (χ1) is 10.1. The highest BCUT2D eigenvalue weighted by atomic mass is 16.6. The first-order valence-corrected chi connectivity index (χ1v) is 6.01. The van der Waals surface area contributed by atoms with E-state index in [-0.39, 0.29) is 23.8 Å². The Morgan fingerprint density at radius 3 is 2.71 bits per heavy atom. The summed E-state index contributed by atoms with van der Waals surface area (Å²) >= 11 is 0. The molecule has 0 aromatic heterocycles. The Morgan fingerprint density at radius 2 is 2.00 bits per heavy atom. The average Bonchev–Trinajstić information content (AvgIpc) is 2.46. The van der Waals surface area contributed by atoms with E-state index in [4.69, 9.17) is 4.74 Å². The minimum Gasteiger partial charge on any atom is -0.504 e. The van der Waals surface area contributed by atoms with E-state index >= 15 is 0 Å². The lowest BCUT2D eigenvalue weighted by Crippen LogP contribution is -2.20. The minimum absolute atomic E-state index is 0.0688. The van der Waals surface area contributed by atoms with Gasteiger partial charge in [-0.2, -0.15) is 0 Å². The van der Waals surface area contributed by atoms with Crippen molar-refractivity contribution in [1.29, 1.82) is 0 Å². The van der Waals surface area contributed by atoms with Gasteiger partial charge in [0.25, 0.3) is 11.6 Å². The van der Waals surface area contributed by atoms with Crippen LogP contribution in [0.3, 0.4) is 0 Å². The van der Waals surface area contributed by atoms with Crippen molar-refractivity contribution in [2.45, 2.75) is 0 Å². The molecule has 0 heterocycles. The fraction of sp³-hybridized carbons (Fsp3) is 0.0714. The molecule has 2 aromatic carbocycles. The Labute approximate surface area is 119 Å². The van der Waals surface area contributed by atoms with Crippen LogP contribution in [0.25, 0.3) is 0 Å². The summed E-state index contributed by atoms with van der Waals surface area (Å²) in [6.07, 6.45) is 0. The largest absolute Gasteiger partial charge is 0.504 e. The number of rotatable bonds is 5. The molecule has 108 valence electrons. The van der Waals surface area contributed by atoms with Gasteiger partial charge in [-0.3, -0.25) is 14.9 Å². The molecular formula is C14H12N2O5. The Bertz CT molecular complexity index is 672. The van der Waals surface area contributed by atoms with E-state index in [1.54, 1.807) is 12.1 Å². The average molecular weight is 288 g/mol. The zero-order chi connectivity index (χ0) is 15.2. The maximum Gasteiger partial charge on any atom is 0.271 e. The molecular weight excluding hydrogens is 276 g/mol. The summed E-state index contributed by atoms with van der Waals surface area (Å²) in [7, 11) is 0. The number of ether oxygens (including phenoxy) is 1. The Balaban J connectivity index is 1.95. The number of hydrogen-bond donors (Lipinski definition) is 2. The van der Waals surface area contributed by atoms with Crippen LogP contribution in [0.4, 0.5) is 11.4 Å². The van der Waals surface area contributed by atoms with E-state index in [1.807, 2.05) is 0 Å². The van der Waals surface area contributed by atoms with Crippen LogP contribution in [0.15, 0.2) is 48.5 Å². The number of carbonyl (C=O) groups excluding carboxylic acids is 1. The van der Waals surface area contributed by atoms with E-state index in [0.29, 0.717) is 5.69 Å². The van der Waals surface area contributed by atoms with Gasteiger partial charge in [0.05, 0.1) is 4.92 Å². The summed E-state index contributed by atoms with van der Waals surface area (Å²) in [4.78, 5) is 21.8. The van der Waals surface area contributed by atoms with Crippen molar-refractivity contribution < 1.29 is 19.6 Å². The lowest BCUT2D eigenvalue weighted by atomic mass is 10.3. The summed E-state index contributed by atoms with van der Waals surface area (Å²) in [5.41, 5.74) is 0.185. The van der Waals surface area contributed by atoms with Crippen LogP contribution in [0, 0.1) is 10.1 Å². The van der Waals surface area contributed by atoms with Crippen molar-refractivity contribution >= 4 is 17.3 Å². The number of para-hydroxylation sites is 2. The zero-order valence-corrected chi connectivity index (χ0v) is 10.9. The van der Waals surface area contributed by atoms with Crippen molar-refractivity contribution in [3.8, 4) is 11.5 Å². The van der Waals surface area contributed by atoms with E-state index in [2.05, 4.69) is 5.32 Å². The number of aromatic hydroxyl groups is 1. The van der Waals surface area contributed by atoms with Gasteiger partial charge in [-0.15, -0.1) is 0 Å². The van der Waals surface area contributed by atoms with Gasteiger partial charge in [0.15, 0.2) is 18.1 Å². The number of benzene rings is 2. The molecule has 0 spiro atoms. The van der Waals surface area contributed by atoms with Crippen LogP contribution in [0.2, 0.25) is 0 Å². The third kappa shape index (κ3) is 3.93. The molecule has 0 aliphatic carbocycles. The molecule has 7 heteroatoms. The molecule has 0 radical (unpaired) electrons. The van der Waals surface area contributed by atoms with Gasteiger partial charge in [-0.25, -0.2) is 0 Å². The van der Waals surface area contributed by atoms with Gasteiger partial charge in [-0.05, 0) is 18.2 Å². The molecule has 0 fully saturated rings. The molecule has 0 unspecified atom stereocenters. The van der Waals surface area contributed by atoms with Gasteiger partial charge in [0, 0.05) is 17.8 Å². The number of carbonyl (C=O) groups is 1. The summed E-state index contributed by atoms with van der Waals surface area (Å²) < 4.78 is 5.15. The molecule has 2 N–H and O–H groups in total. The molecule has 7 nitrogen and oxygen atoms in total. The first kappa shape index (κ1) is 14.3. The van der Waals surface area contributed by atoms with Crippen LogP contribution < -0.4 is 10.1 Å². The molecule has 0 saturated carbocycles. The topological polar surface area (TPSA) is 102 Å². The Kier molecular flexibility index (Phi) is 4.35.